The van der Waals surface area contributed by atoms with Gasteiger partial charge in [-0.15, -0.1) is 0 Å². The highest BCUT2D eigenvalue weighted by molar-refractivity contribution is 6.03. The number of nitrogens with two attached hydrogens (primary N) is 1. The molecule has 7 nitrogen and oxygen atoms in total. The van der Waals surface area contributed by atoms with E-state index in [-0.39, 0.29) is 25.0 Å². The number of carbonyl (C=O) groups is 3. The van der Waals surface area contributed by atoms with Crippen molar-refractivity contribution in [3.8, 4) is 11.1 Å². The second-order valence-electron chi connectivity index (χ2n) is 8.68. The van der Waals surface area contributed by atoms with Gasteiger partial charge in [-0.05, 0) is 40.7 Å². The van der Waals surface area contributed by atoms with Gasteiger partial charge in [0.05, 0.1) is 0 Å². The van der Waals surface area contributed by atoms with Gasteiger partial charge >= 0.3 is 6.09 Å². The lowest BCUT2D eigenvalue weighted by Crippen LogP contribution is -2.45. The zero-order valence-corrected chi connectivity index (χ0v) is 20.0. The fourth-order valence-corrected chi connectivity index (χ4v) is 3.75. The molecule has 0 bridgehead atoms. The molecule has 0 saturated carbocycles. The summed E-state index contributed by atoms with van der Waals surface area (Å²) in [6.45, 7) is 4.32. The van der Waals surface area contributed by atoms with Gasteiger partial charge in [0.1, 0.15) is 12.6 Å². The van der Waals surface area contributed by atoms with Crippen molar-refractivity contribution in [2.45, 2.75) is 39.5 Å². The lowest BCUT2D eigenvalue weighted by Gasteiger charge is -2.19. The van der Waals surface area contributed by atoms with Crippen LogP contribution in [-0.4, -0.2) is 23.9 Å². The van der Waals surface area contributed by atoms with Crippen LogP contribution in [0.2, 0.25) is 0 Å². The molecule has 35 heavy (non-hydrogen) atoms. The van der Waals surface area contributed by atoms with Gasteiger partial charge in [-0.2, -0.15) is 0 Å². The Kier molecular flexibility index (Phi) is 9.01. The molecule has 0 radical (unpaired) electrons. The molecule has 0 aliphatic rings. The number of ether oxygens (including phenoxy) is 1. The van der Waals surface area contributed by atoms with E-state index in [9.17, 15) is 14.4 Å². The van der Waals surface area contributed by atoms with E-state index in [0.29, 0.717) is 17.5 Å². The van der Waals surface area contributed by atoms with Gasteiger partial charge in [0.15, 0.2) is 0 Å². The lowest BCUT2D eigenvalue weighted by atomic mass is 9.94. The van der Waals surface area contributed by atoms with Gasteiger partial charge in [0.25, 0.3) is 5.91 Å². The Morgan fingerprint density at radius 3 is 2.17 bits per heavy atom. The van der Waals surface area contributed by atoms with Crippen LogP contribution >= 0.6 is 0 Å². The van der Waals surface area contributed by atoms with Crippen LogP contribution < -0.4 is 16.4 Å². The van der Waals surface area contributed by atoms with E-state index in [1.165, 1.54) is 0 Å². The zero-order chi connectivity index (χ0) is 25.2. The minimum Gasteiger partial charge on any atom is -0.445 e. The normalized spacial score (nSPS) is 11.5. The number of hydrogen-bond donors (Lipinski definition) is 3. The van der Waals surface area contributed by atoms with Crippen molar-refractivity contribution in [3.05, 3.63) is 95.6 Å². The molecule has 0 aliphatic carbocycles. The molecule has 7 heteroatoms. The Labute approximate surface area is 205 Å². The van der Waals surface area contributed by atoms with Gasteiger partial charge in [0, 0.05) is 12.1 Å². The summed E-state index contributed by atoms with van der Waals surface area (Å²) < 4.78 is 5.30. The molecular weight excluding hydrogens is 442 g/mol. The van der Waals surface area contributed by atoms with Crippen molar-refractivity contribution in [2.75, 3.05) is 0 Å². The molecule has 0 heterocycles. The first-order chi connectivity index (χ1) is 16.8. The average Bonchev–Trinajstić information content (AvgIpc) is 2.86. The zero-order valence-electron chi connectivity index (χ0n) is 20.0. The maximum absolute atomic E-state index is 13.1. The quantitative estimate of drug-likeness (QED) is 0.405. The van der Waals surface area contributed by atoms with E-state index in [2.05, 4.69) is 10.6 Å². The maximum atomic E-state index is 13.1. The van der Waals surface area contributed by atoms with Crippen LogP contribution in [0.15, 0.2) is 78.9 Å². The summed E-state index contributed by atoms with van der Waals surface area (Å²) in [5.41, 5.74) is 9.12. The van der Waals surface area contributed by atoms with Gasteiger partial charge in [0.2, 0.25) is 5.91 Å². The number of alkyl carbamates (subject to hydrolysis) is 1. The van der Waals surface area contributed by atoms with Crippen LogP contribution in [0.5, 0.6) is 0 Å². The Bertz CT molecular complexity index is 1160. The predicted octanol–water partition coefficient (Wildman–Crippen LogP) is 4.41. The Hall–Kier alpha value is -4.13. The summed E-state index contributed by atoms with van der Waals surface area (Å²) in [4.78, 5) is 37.2. The summed E-state index contributed by atoms with van der Waals surface area (Å²) >= 11 is 0. The fourth-order valence-electron chi connectivity index (χ4n) is 3.75. The predicted molar refractivity (Wildman–Crippen MR) is 135 cm³/mol. The molecule has 0 fully saturated rings. The third kappa shape index (κ3) is 7.43. The largest absolute Gasteiger partial charge is 0.445 e. The van der Waals surface area contributed by atoms with E-state index >= 15 is 0 Å². The SMILES string of the molecule is CC(C)C[C@H](NC(=O)c1ccccc1-c1ccccc1CNC(=O)OCc1ccccc1)C(N)=O. The van der Waals surface area contributed by atoms with Crippen LogP contribution in [0, 0.1) is 5.92 Å². The standard InChI is InChI=1S/C28H31N3O4/c1-19(2)16-25(26(29)32)31-27(33)24-15-9-8-14-23(24)22-13-7-6-12-21(22)17-30-28(34)35-18-20-10-4-3-5-11-20/h3-15,19,25H,16-18H2,1-2H3,(H2,29,32)(H,30,34)(H,31,33)/t25-/m0/s1. The van der Waals surface area contributed by atoms with Gasteiger partial charge in [-0.1, -0.05) is 86.6 Å². The maximum Gasteiger partial charge on any atom is 0.407 e. The number of nitrogens with one attached hydrogen (secondary N) is 2. The number of primary amides is 1. The smallest absolute Gasteiger partial charge is 0.407 e. The van der Waals surface area contributed by atoms with Gasteiger partial charge < -0.3 is 21.1 Å². The first kappa shape index (κ1) is 25.5. The number of carbonyl (C=O) groups excluding carboxylic acids is 3. The highest BCUT2D eigenvalue weighted by atomic mass is 16.5. The van der Waals surface area contributed by atoms with Crippen LogP contribution in [0.1, 0.15) is 41.8 Å². The lowest BCUT2D eigenvalue weighted by molar-refractivity contribution is -0.120. The monoisotopic (exact) mass is 473 g/mol. The summed E-state index contributed by atoms with van der Waals surface area (Å²) in [5, 5.41) is 5.55. The molecular formula is C28H31N3O4. The van der Waals surface area contributed by atoms with Crippen molar-refractivity contribution in [1.29, 1.82) is 0 Å². The van der Waals surface area contributed by atoms with E-state index in [1.807, 2.05) is 80.6 Å². The number of rotatable bonds is 10. The molecule has 182 valence electrons. The number of hydrogen-bond acceptors (Lipinski definition) is 4. The first-order valence-electron chi connectivity index (χ1n) is 11.6. The molecule has 1 atom stereocenters. The number of benzene rings is 3. The Morgan fingerprint density at radius 2 is 1.49 bits per heavy atom. The van der Waals surface area contributed by atoms with Crippen LogP contribution in [0.3, 0.4) is 0 Å². The highest BCUT2D eigenvalue weighted by Crippen LogP contribution is 2.27. The minimum absolute atomic E-state index is 0.175. The molecule has 0 aliphatic heterocycles. The van der Waals surface area contributed by atoms with Crippen molar-refractivity contribution < 1.29 is 19.1 Å². The average molecular weight is 474 g/mol. The van der Waals surface area contributed by atoms with Crippen LogP contribution in [0.25, 0.3) is 11.1 Å². The van der Waals surface area contributed by atoms with Gasteiger partial charge in [-0.25, -0.2) is 4.79 Å². The molecule has 0 unspecified atom stereocenters. The third-order valence-corrected chi connectivity index (χ3v) is 5.47. The summed E-state index contributed by atoms with van der Waals surface area (Å²) in [6, 6.07) is 23.3. The Balaban J connectivity index is 1.75. The van der Waals surface area contributed by atoms with E-state index < -0.39 is 18.0 Å². The summed E-state index contributed by atoms with van der Waals surface area (Å²) in [6.07, 6.45) is -0.0814. The summed E-state index contributed by atoms with van der Waals surface area (Å²) in [5.74, 6) is -0.755. The molecule has 3 aromatic carbocycles. The minimum atomic E-state index is -0.758. The summed E-state index contributed by atoms with van der Waals surface area (Å²) in [7, 11) is 0. The second-order valence-corrected chi connectivity index (χ2v) is 8.68. The molecule has 3 aromatic rings. The van der Waals surface area contributed by atoms with Crippen molar-refractivity contribution >= 4 is 17.9 Å². The van der Waals surface area contributed by atoms with Crippen molar-refractivity contribution in [2.24, 2.45) is 11.7 Å². The van der Waals surface area contributed by atoms with E-state index in [0.717, 1.165) is 16.7 Å². The fraction of sp³-hybridized carbons (Fsp3) is 0.250. The van der Waals surface area contributed by atoms with E-state index in [4.69, 9.17) is 10.5 Å². The topological polar surface area (TPSA) is 111 Å². The van der Waals surface area contributed by atoms with Gasteiger partial charge in [-0.3, -0.25) is 9.59 Å². The molecule has 0 spiro atoms. The highest BCUT2D eigenvalue weighted by Gasteiger charge is 2.22. The second kappa shape index (κ2) is 12.4. The molecule has 0 aromatic heterocycles. The number of amides is 3. The molecule has 3 amide bonds. The van der Waals surface area contributed by atoms with Crippen molar-refractivity contribution in [1.82, 2.24) is 10.6 Å². The molecule has 4 N–H and O–H groups in total. The van der Waals surface area contributed by atoms with E-state index in [1.54, 1.807) is 12.1 Å². The molecule has 3 rings (SSSR count). The van der Waals surface area contributed by atoms with Crippen LogP contribution in [-0.2, 0) is 22.7 Å². The Morgan fingerprint density at radius 1 is 0.857 bits per heavy atom. The third-order valence-electron chi connectivity index (χ3n) is 5.47. The first-order valence-corrected chi connectivity index (χ1v) is 11.6. The molecule has 0 saturated heterocycles. The van der Waals surface area contributed by atoms with Crippen molar-refractivity contribution in [3.63, 3.8) is 0 Å². The van der Waals surface area contributed by atoms with Crippen LogP contribution in [0.4, 0.5) is 4.79 Å².